The monoisotopic (exact) mass is 325 g/mol. The molecular formula is C15H14BrF2N. The van der Waals surface area contributed by atoms with Crippen molar-refractivity contribution in [3.63, 3.8) is 0 Å². The third kappa shape index (κ3) is 2.55. The highest BCUT2D eigenvalue weighted by Crippen LogP contribution is 2.33. The van der Waals surface area contributed by atoms with E-state index in [9.17, 15) is 8.78 Å². The highest BCUT2D eigenvalue weighted by atomic mass is 79.9. The van der Waals surface area contributed by atoms with Crippen LogP contribution in [0.1, 0.15) is 23.6 Å². The molecule has 1 nitrogen and oxygen atoms in total. The summed E-state index contributed by atoms with van der Waals surface area (Å²) in [5.41, 5.74) is 6.54. The highest BCUT2D eigenvalue weighted by molar-refractivity contribution is 9.10. The summed E-state index contributed by atoms with van der Waals surface area (Å²) < 4.78 is 28.3. The largest absolute Gasteiger partial charge is 0.318 e. The van der Waals surface area contributed by atoms with E-state index >= 15 is 0 Å². The van der Waals surface area contributed by atoms with Gasteiger partial charge in [-0.15, -0.1) is 0 Å². The third-order valence-electron chi connectivity index (χ3n) is 3.21. The van der Waals surface area contributed by atoms with Crippen molar-refractivity contribution in [3.8, 4) is 0 Å². The first-order chi connectivity index (χ1) is 8.84. The molecule has 0 aromatic heterocycles. The Morgan fingerprint density at radius 1 is 1.05 bits per heavy atom. The molecule has 4 heteroatoms. The van der Waals surface area contributed by atoms with Crippen molar-refractivity contribution in [1.29, 1.82) is 0 Å². The molecule has 0 aliphatic carbocycles. The quantitative estimate of drug-likeness (QED) is 0.820. The summed E-state index contributed by atoms with van der Waals surface area (Å²) in [6.45, 7) is 3.55. The number of aryl methyl sites for hydroxylation is 1. The van der Waals surface area contributed by atoms with Crippen molar-refractivity contribution in [2.24, 2.45) is 5.73 Å². The van der Waals surface area contributed by atoms with Gasteiger partial charge in [0.1, 0.15) is 11.6 Å². The molecule has 0 saturated carbocycles. The first-order valence-corrected chi connectivity index (χ1v) is 6.63. The lowest BCUT2D eigenvalue weighted by molar-refractivity contribution is 0.479. The van der Waals surface area contributed by atoms with Gasteiger partial charge in [-0.05, 0) is 47.5 Å². The summed E-state index contributed by atoms with van der Waals surface area (Å²) >= 11 is 3.06. The second kappa shape index (κ2) is 5.02. The minimum Gasteiger partial charge on any atom is -0.318 e. The maximum absolute atomic E-state index is 14.2. The summed E-state index contributed by atoms with van der Waals surface area (Å²) in [4.78, 5) is 0. The lowest BCUT2D eigenvalue weighted by Gasteiger charge is -2.27. The van der Waals surface area contributed by atoms with Crippen molar-refractivity contribution >= 4 is 15.9 Å². The molecule has 0 aliphatic rings. The van der Waals surface area contributed by atoms with Crippen molar-refractivity contribution < 1.29 is 8.78 Å². The minimum absolute atomic E-state index is 0.134. The van der Waals surface area contributed by atoms with Gasteiger partial charge < -0.3 is 5.73 Å². The Kier molecular flexibility index (Phi) is 3.74. The molecule has 0 aliphatic heterocycles. The van der Waals surface area contributed by atoms with Gasteiger partial charge in [-0.2, -0.15) is 0 Å². The van der Waals surface area contributed by atoms with Crippen LogP contribution in [0.5, 0.6) is 0 Å². The summed E-state index contributed by atoms with van der Waals surface area (Å²) in [5, 5.41) is 0. The molecule has 0 radical (unpaired) electrons. The van der Waals surface area contributed by atoms with Gasteiger partial charge in [0.05, 0.1) is 10.0 Å². The van der Waals surface area contributed by atoms with Crippen LogP contribution in [0.2, 0.25) is 0 Å². The Bertz CT molecular complexity index is 606. The second-order valence-electron chi connectivity index (χ2n) is 4.79. The van der Waals surface area contributed by atoms with Crippen LogP contribution in [0, 0.1) is 18.6 Å². The summed E-state index contributed by atoms with van der Waals surface area (Å²) in [6, 6.07) is 9.86. The standard InChI is InChI=1S/C15H14BrF2N/c1-9-3-5-10(6-4-9)15(2,19)13-12(17)8-7-11(16)14(13)18/h3-8H,19H2,1-2H3. The molecule has 1 atom stereocenters. The Labute approximate surface area is 119 Å². The van der Waals surface area contributed by atoms with Gasteiger partial charge in [-0.25, -0.2) is 8.78 Å². The van der Waals surface area contributed by atoms with E-state index in [1.807, 2.05) is 19.1 Å². The SMILES string of the molecule is Cc1ccc(C(C)(N)c2c(F)ccc(Br)c2F)cc1. The average molecular weight is 326 g/mol. The van der Waals surface area contributed by atoms with Crippen LogP contribution in [-0.2, 0) is 5.54 Å². The van der Waals surface area contributed by atoms with Crippen LogP contribution in [0.25, 0.3) is 0 Å². The fraction of sp³-hybridized carbons (Fsp3) is 0.200. The smallest absolute Gasteiger partial charge is 0.145 e. The zero-order valence-corrected chi connectivity index (χ0v) is 12.3. The second-order valence-corrected chi connectivity index (χ2v) is 5.64. The number of hydrogen-bond acceptors (Lipinski definition) is 1. The molecule has 0 spiro atoms. The van der Waals surface area contributed by atoms with E-state index < -0.39 is 17.2 Å². The first-order valence-electron chi connectivity index (χ1n) is 5.84. The first kappa shape index (κ1) is 14.2. The number of rotatable bonds is 2. The molecular weight excluding hydrogens is 312 g/mol. The van der Waals surface area contributed by atoms with Gasteiger partial charge >= 0.3 is 0 Å². The van der Waals surface area contributed by atoms with Crippen LogP contribution in [0.4, 0.5) is 8.78 Å². The number of hydrogen-bond donors (Lipinski definition) is 1. The minimum atomic E-state index is -1.23. The van der Waals surface area contributed by atoms with Gasteiger partial charge in [0, 0.05) is 5.56 Å². The van der Waals surface area contributed by atoms with Crippen LogP contribution < -0.4 is 5.73 Å². The Hall–Kier alpha value is -1.26. The normalized spacial score (nSPS) is 14.2. The van der Waals surface area contributed by atoms with E-state index in [0.717, 1.165) is 5.56 Å². The molecule has 0 heterocycles. The molecule has 2 rings (SSSR count). The lowest BCUT2D eigenvalue weighted by atomic mass is 9.84. The van der Waals surface area contributed by atoms with Gasteiger partial charge in [0.2, 0.25) is 0 Å². The zero-order valence-electron chi connectivity index (χ0n) is 10.7. The molecule has 2 aromatic rings. The van der Waals surface area contributed by atoms with Crippen molar-refractivity contribution in [2.45, 2.75) is 19.4 Å². The van der Waals surface area contributed by atoms with Gasteiger partial charge in [-0.1, -0.05) is 29.8 Å². The van der Waals surface area contributed by atoms with E-state index in [1.54, 1.807) is 19.1 Å². The summed E-state index contributed by atoms with van der Waals surface area (Å²) in [5.74, 6) is -1.31. The van der Waals surface area contributed by atoms with E-state index in [2.05, 4.69) is 15.9 Å². The predicted octanol–water partition coefficient (Wildman–Crippen LogP) is 4.26. The Morgan fingerprint density at radius 2 is 1.63 bits per heavy atom. The predicted molar refractivity (Wildman–Crippen MR) is 75.9 cm³/mol. The third-order valence-corrected chi connectivity index (χ3v) is 3.83. The van der Waals surface area contributed by atoms with E-state index in [0.29, 0.717) is 5.56 Å². The Balaban J connectivity index is 2.62. The van der Waals surface area contributed by atoms with E-state index in [1.165, 1.54) is 12.1 Å². The van der Waals surface area contributed by atoms with Gasteiger partial charge in [0.25, 0.3) is 0 Å². The van der Waals surface area contributed by atoms with Gasteiger partial charge in [0.15, 0.2) is 0 Å². The van der Waals surface area contributed by atoms with Crippen molar-refractivity contribution in [1.82, 2.24) is 0 Å². The average Bonchev–Trinajstić information content (AvgIpc) is 2.34. The maximum atomic E-state index is 14.2. The molecule has 0 saturated heterocycles. The maximum Gasteiger partial charge on any atom is 0.145 e. The molecule has 1 unspecified atom stereocenters. The fourth-order valence-corrected chi connectivity index (χ4v) is 2.38. The highest BCUT2D eigenvalue weighted by Gasteiger charge is 2.31. The van der Waals surface area contributed by atoms with Crippen molar-refractivity contribution in [2.75, 3.05) is 0 Å². The lowest BCUT2D eigenvalue weighted by Crippen LogP contribution is -2.36. The fourth-order valence-electron chi connectivity index (χ4n) is 2.05. The van der Waals surface area contributed by atoms with Crippen LogP contribution in [0.3, 0.4) is 0 Å². The van der Waals surface area contributed by atoms with Crippen LogP contribution >= 0.6 is 15.9 Å². The Morgan fingerprint density at radius 3 is 2.21 bits per heavy atom. The number of halogens is 3. The molecule has 0 fully saturated rings. The number of benzene rings is 2. The zero-order chi connectivity index (χ0) is 14.2. The molecule has 19 heavy (non-hydrogen) atoms. The van der Waals surface area contributed by atoms with Crippen LogP contribution in [-0.4, -0.2) is 0 Å². The van der Waals surface area contributed by atoms with Crippen LogP contribution in [0.15, 0.2) is 40.9 Å². The van der Waals surface area contributed by atoms with E-state index in [4.69, 9.17) is 5.73 Å². The van der Waals surface area contributed by atoms with E-state index in [-0.39, 0.29) is 10.0 Å². The topological polar surface area (TPSA) is 26.0 Å². The van der Waals surface area contributed by atoms with Crippen molar-refractivity contribution in [3.05, 3.63) is 69.2 Å². The summed E-state index contributed by atoms with van der Waals surface area (Å²) in [6.07, 6.45) is 0. The molecule has 2 aromatic carbocycles. The molecule has 0 bridgehead atoms. The number of nitrogens with two attached hydrogens (primary N) is 1. The molecule has 0 amide bonds. The molecule has 100 valence electrons. The van der Waals surface area contributed by atoms with Gasteiger partial charge in [-0.3, -0.25) is 0 Å². The summed E-state index contributed by atoms with van der Waals surface area (Å²) in [7, 11) is 0. The molecule has 2 N–H and O–H groups in total.